The van der Waals surface area contributed by atoms with E-state index in [1.165, 1.54) is 11.1 Å². The van der Waals surface area contributed by atoms with E-state index >= 15 is 0 Å². The number of H-pyrrole nitrogens is 2. The molecular formula is C14H10N4. The average molecular weight is 234 g/mol. The van der Waals surface area contributed by atoms with Crippen molar-refractivity contribution in [1.82, 2.24) is 19.9 Å². The normalized spacial score (nSPS) is 11.3. The number of nitrogens with zero attached hydrogens (tertiary/aromatic N) is 2. The van der Waals surface area contributed by atoms with Crippen LogP contribution in [0.2, 0.25) is 0 Å². The van der Waals surface area contributed by atoms with Crippen molar-refractivity contribution in [1.29, 1.82) is 0 Å². The molecule has 0 atom stereocenters. The van der Waals surface area contributed by atoms with Gasteiger partial charge in [0.05, 0.1) is 0 Å². The molecule has 0 fully saturated rings. The molecule has 4 nitrogen and oxygen atoms in total. The Morgan fingerprint density at radius 3 is 1.67 bits per heavy atom. The third-order valence-electron chi connectivity index (χ3n) is 3.21. The lowest BCUT2D eigenvalue weighted by molar-refractivity contribution is 1.32. The van der Waals surface area contributed by atoms with Crippen LogP contribution in [0.15, 0.2) is 49.1 Å². The van der Waals surface area contributed by atoms with Crippen molar-refractivity contribution in [2.45, 2.75) is 0 Å². The molecule has 0 aliphatic carbocycles. The van der Waals surface area contributed by atoms with E-state index in [4.69, 9.17) is 0 Å². The highest BCUT2D eigenvalue weighted by molar-refractivity contribution is 6.01. The molecule has 4 aromatic rings. The predicted octanol–water partition coefficient (Wildman–Crippen LogP) is 3.11. The summed E-state index contributed by atoms with van der Waals surface area (Å²) in [5.41, 5.74) is 4.17. The van der Waals surface area contributed by atoms with Gasteiger partial charge < -0.3 is 9.97 Å². The average Bonchev–Trinajstić information content (AvgIpc) is 3.06. The molecular weight excluding hydrogens is 224 g/mol. The second kappa shape index (κ2) is 3.43. The van der Waals surface area contributed by atoms with Crippen molar-refractivity contribution < 1.29 is 0 Å². The summed E-state index contributed by atoms with van der Waals surface area (Å²) in [7, 11) is 0. The van der Waals surface area contributed by atoms with Crippen LogP contribution in [0.3, 0.4) is 0 Å². The second-order valence-corrected chi connectivity index (χ2v) is 4.20. The number of aromatic amines is 2. The van der Waals surface area contributed by atoms with Crippen molar-refractivity contribution in [2.24, 2.45) is 0 Å². The first kappa shape index (κ1) is 9.41. The minimum absolute atomic E-state index is 0.910. The summed E-state index contributed by atoms with van der Waals surface area (Å²) < 4.78 is 0. The fourth-order valence-corrected chi connectivity index (χ4v) is 2.39. The molecule has 0 aliphatic heterocycles. The SMILES string of the molecule is c1cc(-c2ccnc3[nH]ccc23)c2cc[nH]c2n1. The fourth-order valence-electron chi connectivity index (χ4n) is 2.39. The van der Waals surface area contributed by atoms with Gasteiger partial charge in [-0.1, -0.05) is 0 Å². The Bertz CT molecular complexity index is 769. The van der Waals surface area contributed by atoms with Crippen molar-refractivity contribution in [2.75, 3.05) is 0 Å². The lowest BCUT2D eigenvalue weighted by Gasteiger charge is -2.04. The lowest BCUT2D eigenvalue weighted by Crippen LogP contribution is -1.84. The Kier molecular flexibility index (Phi) is 1.80. The maximum Gasteiger partial charge on any atom is 0.137 e. The van der Waals surface area contributed by atoms with E-state index in [2.05, 4.69) is 32.1 Å². The Morgan fingerprint density at radius 2 is 1.17 bits per heavy atom. The van der Waals surface area contributed by atoms with Gasteiger partial charge in [-0.3, -0.25) is 0 Å². The van der Waals surface area contributed by atoms with Crippen LogP contribution in [0.4, 0.5) is 0 Å². The molecule has 4 aromatic heterocycles. The van der Waals surface area contributed by atoms with Gasteiger partial charge in [0.25, 0.3) is 0 Å². The first-order valence-corrected chi connectivity index (χ1v) is 5.78. The van der Waals surface area contributed by atoms with Crippen LogP contribution in [-0.4, -0.2) is 19.9 Å². The Hall–Kier alpha value is -2.62. The molecule has 0 saturated carbocycles. The van der Waals surface area contributed by atoms with Gasteiger partial charge in [0, 0.05) is 35.6 Å². The van der Waals surface area contributed by atoms with E-state index in [0.29, 0.717) is 0 Å². The van der Waals surface area contributed by atoms with E-state index in [-0.39, 0.29) is 0 Å². The van der Waals surface area contributed by atoms with Crippen LogP contribution < -0.4 is 0 Å². The maximum atomic E-state index is 4.32. The zero-order valence-electron chi connectivity index (χ0n) is 9.51. The van der Waals surface area contributed by atoms with Gasteiger partial charge in [0.15, 0.2) is 0 Å². The smallest absolute Gasteiger partial charge is 0.137 e. The van der Waals surface area contributed by atoms with E-state index in [1.54, 1.807) is 0 Å². The molecule has 86 valence electrons. The minimum Gasteiger partial charge on any atom is -0.346 e. The van der Waals surface area contributed by atoms with E-state index in [0.717, 1.165) is 22.1 Å². The van der Waals surface area contributed by atoms with Gasteiger partial charge in [0.2, 0.25) is 0 Å². The molecule has 0 spiro atoms. The van der Waals surface area contributed by atoms with Gasteiger partial charge in [-0.25, -0.2) is 9.97 Å². The molecule has 0 radical (unpaired) electrons. The summed E-state index contributed by atoms with van der Waals surface area (Å²) in [6.45, 7) is 0. The third kappa shape index (κ3) is 1.20. The lowest BCUT2D eigenvalue weighted by atomic mass is 10.0. The molecule has 4 rings (SSSR count). The van der Waals surface area contributed by atoms with Gasteiger partial charge in [-0.05, 0) is 35.4 Å². The third-order valence-corrected chi connectivity index (χ3v) is 3.21. The molecule has 0 aromatic carbocycles. The number of hydrogen-bond acceptors (Lipinski definition) is 2. The number of pyridine rings is 2. The second-order valence-electron chi connectivity index (χ2n) is 4.20. The molecule has 2 N–H and O–H groups in total. The van der Waals surface area contributed by atoms with Crippen molar-refractivity contribution in [3.63, 3.8) is 0 Å². The molecule has 0 saturated heterocycles. The molecule has 0 amide bonds. The highest BCUT2D eigenvalue weighted by atomic mass is 14.8. The predicted molar refractivity (Wildman–Crippen MR) is 71.2 cm³/mol. The Morgan fingerprint density at radius 1 is 0.667 bits per heavy atom. The van der Waals surface area contributed by atoms with E-state index in [1.807, 2.05) is 36.9 Å². The maximum absolute atomic E-state index is 4.32. The minimum atomic E-state index is 0.910. The molecule has 4 heteroatoms. The number of rotatable bonds is 1. The van der Waals surface area contributed by atoms with Gasteiger partial charge in [-0.2, -0.15) is 0 Å². The summed E-state index contributed by atoms with van der Waals surface area (Å²) >= 11 is 0. The number of fused-ring (bicyclic) bond motifs is 2. The summed E-state index contributed by atoms with van der Waals surface area (Å²) in [6.07, 6.45) is 7.48. The van der Waals surface area contributed by atoms with Gasteiger partial charge in [0.1, 0.15) is 11.3 Å². The summed E-state index contributed by atoms with van der Waals surface area (Å²) in [4.78, 5) is 14.9. The van der Waals surface area contributed by atoms with Crippen LogP contribution in [0, 0.1) is 0 Å². The van der Waals surface area contributed by atoms with Gasteiger partial charge >= 0.3 is 0 Å². The monoisotopic (exact) mass is 234 g/mol. The van der Waals surface area contributed by atoms with Crippen molar-refractivity contribution in [3.8, 4) is 11.1 Å². The number of aromatic nitrogens is 4. The first-order chi connectivity index (χ1) is 8.93. The molecule has 0 unspecified atom stereocenters. The summed E-state index contributed by atoms with van der Waals surface area (Å²) in [5.74, 6) is 0. The molecule has 18 heavy (non-hydrogen) atoms. The summed E-state index contributed by atoms with van der Waals surface area (Å²) in [6, 6.07) is 8.18. The molecule has 0 bridgehead atoms. The van der Waals surface area contributed by atoms with Crippen molar-refractivity contribution >= 4 is 22.1 Å². The highest BCUT2D eigenvalue weighted by Gasteiger charge is 2.09. The standard InChI is InChI=1S/C14H10N4/c1-5-15-13-11(3-7-17-13)9(1)10-2-6-16-14-12(10)4-8-18-14/h1-8H,(H,15,17)(H,16,18). The van der Waals surface area contributed by atoms with Crippen LogP contribution >= 0.6 is 0 Å². The van der Waals surface area contributed by atoms with E-state index in [9.17, 15) is 0 Å². The molecule has 4 heterocycles. The van der Waals surface area contributed by atoms with Crippen LogP contribution in [0.1, 0.15) is 0 Å². The first-order valence-electron chi connectivity index (χ1n) is 5.78. The van der Waals surface area contributed by atoms with E-state index < -0.39 is 0 Å². The van der Waals surface area contributed by atoms with Crippen LogP contribution in [-0.2, 0) is 0 Å². The topological polar surface area (TPSA) is 57.4 Å². The number of nitrogens with one attached hydrogen (secondary N) is 2. The van der Waals surface area contributed by atoms with Crippen molar-refractivity contribution in [3.05, 3.63) is 49.1 Å². The highest BCUT2D eigenvalue weighted by Crippen LogP contribution is 2.31. The van der Waals surface area contributed by atoms with Gasteiger partial charge in [-0.15, -0.1) is 0 Å². The van der Waals surface area contributed by atoms with Crippen LogP contribution in [0.5, 0.6) is 0 Å². The molecule has 0 aliphatic rings. The summed E-state index contributed by atoms with van der Waals surface area (Å²) in [5, 5.41) is 2.26. The zero-order chi connectivity index (χ0) is 11.9. The Balaban J connectivity index is 2.13. The fraction of sp³-hybridized carbons (Fsp3) is 0. The zero-order valence-corrected chi connectivity index (χ0v) is 9.51. The number of hydrogen-bond donors (Lipinski definition) is 2. The Labute approximate surface area is 103 Å². The quantitative estimate of drug-likeness (QED) is 0.531. The van der Waals surface area contributed by atoms with Crippen LogP contribution in [0.25, 0.3) is 33.2 Å². The largest absolute Gasteiger partial charge is 0.346 e.